The molecule has 0 fully saturated rings. The van der Waals surface area contributed by atoms with Gasteiger partial charge in [0.25, 0.3) is 0 Å². The second-order valence-electron chi connectivity index (χ2n) is 4.53. The highest BCUT2D eigenvalue weighted by Gasteiger charge is 2.16. The van der Waals surface area contributed by atoms with Crippen LogP contribution in [0, 0.1) is 0 Å². The van der Waals surface area contributed by atoms with E-state index in [0.29, 0.717) is 0 Å². The van der Waals surface area contributed by atoms with Crippen molar-refractivity contribution in [1.29, 1.82) is 0 Å². The first kappa shape index (κ1) is 14.1. The van der Waals surface area contributed by atoms with Crippen molar-refractivity contribution in [3.63, 3.8) is 0 Å². The Kier molecular flexibility index (Phi) is 4.74. The zero-order chi connectivity index (χ0) is 14.4. The fourth-order valence-corrected chi connectivity index (χ4v) is 2.05. The average Bonchev–Trinajstić information content (AvgIpc) is 2.46. The molecule has 2 aromatic rings. The van der Waals surface area contributed by atoms with Crippen LogP contribution in [0.3, 0.4) is 0 Å². The van der Waals surface area contributed by atoms with Crippen LogP contribution in [0.25, 0.3) is 0 Å². The Balaban J connectivity index is 2.24. The number of hydrogen-bond donors (Lipinski definition) is 2. The van der Waals surface area contributed by atoms with E-state index >= 15 is 0 Å². The zero-order valence-electron chi connectivity index (χ0n) is 11.0. The fourth-order valence-electron chi connectivity index (χ4n) is 2.05. The maximum atomic E-state index is 10.7. The van der Waals surface area contributed by atoms with Gasteiger partial charge in [0.05, 0.1) is 12.5 Å². The van der Waals surface area contributed by atoms with E-state index in [4.69, 9.17) is 5.11 Å². The van der Waals surface area contributed by atoms with Gasteiger partial charge in [-0.3, -0.25) is 4.79 Å². The normalized spacial score (nSPS) is 11.8. The molecule has 0 saturated carbocycles. The summed E-state index contributed by atoms with van der Waals surface area (Å²) in [6, 6.07) is 19.2. The molecular weight excluding hydrogens is 254 g/mol. The Labute approximate surface area is 117 Å². The highest BCUT2D eigenvalue weighted by molar-refractivity contribution is 5.68. The lowest BCUT2D eigenvalue weighted by atomic mass is 10.2. The van der Waals surface area contributed by atoms with Gasteiger partial charge in [0.2, 0.25) is 0 Å². The first-order valence-electron chi connectivity index (χ1n) is 6.44. The number of para-hydroxylation sites is 2. The summed E-state index contributed by atoms with van der Waals surface area (Å²) >= 11 is 0. The maximum Gasteiger partial charge on any atom is 0.306 e. The molecule has 0 spiro atoms. The van der Waals surface area contributed by atoms with Gasteiger partial charge in [-0.1, -0.05) is 36.4 Å². The van der Waals surface area contributed by atoms with E-state index in [1.54, 1.807) is 0 Å². The Bertz CT molecular complexity index is 503. The van der Waals surface area contributed by atoms with Gasteiger partial charge in [-0.05, 0) is 24.3 Å². The Morgan fingerprint density at radius 1 is 0.950 bits per heavy atom. The highest BCUT2D eigenvalue weighted by atomic mass is 16.4. The minimum absolute atomic E-state index is 0.236. The molecule has 20 heavy (non-hydrogen) atoms. The number of benzene rings is 2. The van der Waals surface area contributed by atoms with E-state index in [-0.39, 0.29) is 13.0 Å². The monoisotopic (exact) mass is 271 g/mol. The third kappa shape index (κ3) is 3.83. The van der Waals surface area contributed by atoms with Crippen molar-refractivity contribution in [1.82, 2.24) is 0 Å². The van der Waals surface area contributed by atoms with Crippen molar-refractivity contribution in [3.05, 3.63) is 60.7 Å². The summed E-state index contributed by atoms with van der Waals surface area (Å²) < 4.78 is 0. The molecule has 0 aromatic heterocycles. The number of rotatable bonds is 6. The number of hydrogen-bond acceptors (Lipinski definition) is 3. The molecule has 0 aliphatic heterocycles. The van der Waals surface area contributed by atoms with Gasteiger partial charge in [-0.15, -0.1) is 0 Å². The van der Waals surface area contributed by atoms with Gasteiger partial charge in [0.15, 0.2) is 0 Å². The van der Waals surface area contributed by atoms with E-state index < -0.39 is 12.1 Å². The number of carboxylic acids is 1. The summed E-state index contributed by atoms with van der Waals surface area (Å²) in [6.45, 7) is 0.236. The molecule has 0 aliphatic rings. The van der Waals surface area contributed by atoms with E-state index in [1.165, 1.54) is 0 Å². The topological polar surface area (TPSA) is 60.8 Å². The van der Waals surface area contributed by atoms with E-state index in [1.807, 2.05) is 65.6 Å². The van der Waals surface area contributed by atoms with Gasteiger partial charge in [-0.25, -0.2) is 0 Å². The third-order valence-corrected chi connectivity index (χ3v) is 2.94. The average molecular weight is 271 g/mol. The van der Waals surface area contributed by atoms with E-state index in [0.717, 1.165) is 11.4 Å². The van der Waals surface area contributed by atoms with Crippen molar-refractivity contribution in [3.8, 4) is 0 Å². The van der Waals surface area contributed by atoms with Crippen LogP contribution in [0.4, 0.5) is 11.4 Å². The first-order chi connectivity index (χ1) is 9.66. The molecule has 1 unspecified atom stereocenters. The SMILES string of the molecule is O=C(O)CC(O)CN(c1ccccc1)c1ccccc1. The van der Waals surface area contributed by atoms with E-state index in [9.17, 15) is 9.90 Å². The molecule has 4 nitrogen and oxygen atoms in total. The van der Waals surface area contributed by atoms with Gasteiger partial charge in [0, 0.05) is 17.9 Å². The van der Waals surface area contributed by atoms with Crippen LogP contribution >= 0.6 is 0 Å². The van der Waals surface area contributed by atoms with Crippen molar-refractivity contribution in [2.75, 3.05) is 11.4 Å². The Morgan fingerprint density at radius 3 is 1.80 bits per heavy atom. The van der Waals surface area contributed by atoms with Crippen molar-refractivity contribution in [2.45, 2.75) is 12.5 Å². The molecule has 2 aromatic carbocycles. The van der Waals surface area contributed by atoms with Crippen LogP contribution in [-0.2, 0) is 4.79 Å². The van der Waals surface area contributed by atoms with Crippen molar-refractivity contribution >= 4 is 17.3 Å². The summed E-state index contributed by atoms with van der Waals surface area (Å²) in [5, 5.41) is 18.6. The molecule has 4 heteroatoms. The number of anilines is 2. The van der Waals surface area contributed by atoms with Crippen molar-refractivity contribution in [2.24, 2.45) is 0 Å². The minimum atomic E-state index is -1.00. The van der Waals surface area contributed by atoms with Crippen LogP contribution in [0.5, 0.6) is 0 Å². The second kappa shape index (κ2) is 6.73. The minimum Gasteiger partial charge on any atom is -0.481 e. The quantitative estimate of drug-likeness (QED) is 0.848. The summed E-state index contributed by atoms with van der Waals surface area (Å²) in [6.07, 6.45) is -1.19. The van der Waals surface area contributed by atoms with Gasteiger partial charge >= 0.3 is 5.97 Å². The second-order valence-corrected chi connectivity index (χ2v) is 4.53. The molecule has 0 bridgehead atoms. The van der Waals surface area contributed by atoms with Crippen LogP contribution in [0.1, 0.15) is 6.42 Å². The first-order valence-corrected chi connectivity index (χ1v) is 6.44. The number of carboxylic acid groups (broad SMARTS) is 1. The number of aliphatic hydroxyl groups excluding tert-OH is 1. The highest BCUT2D eigenvalue weighted by Crippen LogP contribution is 2.25. The van der Waals surface area contributed by atoms with Crippen LogP contribution < -0.4 is 4.90 Å². The van der Waals surface area contributed by atoms with Gasteiger partial charge < -0.3 is 15.1 Å². The molecule has 0 heterocycles. The molecule has 0 radical (unpaired) electrons. The van der Waals surface area contributed by atoms with Gasteiger partial charge in [-0.2, -0.15) is 0 Å². The molecule has 0 amide bonds. The number of aliphatic carboxylic acids is 1. The summed E-state index contributed by atoms with van der Waals surface area (Å²) in [5.41, 5.74) is 1.84. The lowest BCUT2D eigenvalue weighted by Gasteiger charge is -2.27. The number of nitrogens with zero attached hydrogens (tertiary/aromatic N) is 1. The Hall–Kier alpha value is -2.33. The lowest BCUT2D eigenvalue weighted by molar-refractivity contribution is -0.139. The zero-order valence-corrected chi connectivity index (χ0v) is 11.0. The molecule has 0 saturated heterocycles. The lowest BCUT2D eigenvalue weighted by Crippen LogP contribution is -2.30. The molecule has 2 N–H and O–H groups in total. The predicted molar refractivity (Wildman–Crippen MR) is 78.1 cm³/mol. The summed E-state index contributed by atoms with van der Waals surface area (Å²) in [4.78, 5) is 12.6. The molecule has 1 atom stereocenters. The van der Waals surface area contributed by atoms with Crippen LogP contribution in [0.15, 0.2) is 60.7 Å². The Morgan fingerprint density at radius 2 is 1.40 bits per heavy atom. The van der Waals surface area contributed by atoms with Crippen LogP contribution in [-0.4, -0.2) is 28.8 Å². The molecular formula is C16H17NO3. The largest absolute Gasteiger partial charge is 0.481 e. The molecule has 104 valence electrons. The summed E-state index contributed by atoms with van der Waals surface area (Å²) in [7, 11) is 0. The third-order valence-electron chi connectivity index (χ3n) is 2.94. The fraction of sp³-hybridized carbons (Fsp3) is 0.188. The number of carbonyl (C=O) groups is 1. The molecule has 2 rings (SSSR count). The summed E-state index contributed by atoms with van der Waals surface area (Å²) in [5.74, 6) is -1.00. The predicted octanol–water partition coefficient (Wildman–Crippen LogP) is 2.66. The maximum absolute atomic E-state index is 10.7. The standard InChI is InChI=1S/C16H17NO3/c18-15(11-16(19)20)12-17(13-7-3-1-4-8-13)14-9-5-2-6-10-14/h1-10,15,18H,11-12H2,(H,19,20). The van der Waals surface area contributed by atoms with Crippen LogP contribution in [0.2, 0.25) is 0 Å². The van der Waals surface area contributed by atoms with Crippen molar-refractivity contribution < 1.29 is 15.0 Å². The number of aliphatic hydroxyl groups is 1. The smallest absolute Gasteiger partial charge is 0.306 e. The van der Waals surface area contributed by atoms with E-state index in [2.05, 4.69) is 0 Å². The van der Waals surface area contributed by atoms with Gasteiger partial charge in [0.1, 0.15) is 0 Å². The molecule has 0 aliphatic carbocycles.